The van der Waals surface area contributed by atoms with Gasteiger partial charge in [0.05, 0.1) is 23.4 Å². The summed E-state index contributed by atoms with van der Waals surface area (Å²) < 4.78 is 4.65. The molecule has 5 heteroatoms. The Hall–Kier alpha value is -1.44. The number of nitrogen functional groups attached to an aromatic ring is 1. The summed E-state index contributed by atoms with van der Waals surface area (Å²) in [5.74, 6) is 2.56. The molecule has 0 saturated carbocycles. The summed E-state index contributed by atoms with van der Waals surface area (Å²) in [7, 11) is -0.190. The van der Waals surface area contributed by atoms with Gasteiger partial charge in [0.2, 0.25) is 0 Å². The molecule has 2 N–H and O–H groups in total. The Bertz CT molecular complexity index is 538. The summed E-state index contributed by atoms with van der Waals surface area (Å²) in [6.45, 7) is 6.38. The van der Waals surface area contributed by atoms with Crippen LogP contribution in [0.25, 0.3) is 0 Å². The molecule has 0 aliphatic carbocycles. The number of carbonyl (C=O) groups excluding carboxylic acids is 1. The molecule has 0 aromatic heterocycles. The van der Waals surface area contributed by atoms with Crippen LogP contribution in [0.3, 0.4) is 0 Å². The summed E-state index contributed by atoms with van der Waals surface area (Å²) in [6, 6.07) is 3.10. The summed E-state index contributed by atoms with van der Waals surface area (Å²) in [4.78, 5) is 11.5. The van der Waals surface area contributed by atoms with Gasteiger partial charge in [-0.25, -0.2) is 4.79 Å². The Labute approximate surface area is 113 Å². The number of ether oxygens (including phenoxy) is 1. The summed E-state index contributed by atoms with van der Waals surface area (Å²) >= 11 is 5.98. The molecule has 3 nitrogen and oxygen atoms in total. The Balaban J connectivity index is 3.30. The van der Waals surface area contributed by atoms with E-state index in [1.165, 1.54) is 13.2 Å². The molecule has 18 heavy (non-hydrogen) atoms. The van der Waals surface area contributed by atoms with E-state index in [0.29, 0.717) is 21.8 Å². The van der Waals surface area contributed by atoms with Crippen LogP contribution in [0.15, 0.2) is 12.1 Å². The van der Waals surface area contributed by atoms with Crippen LogP contribution in [0, 0.1) is 11.5 Å². The van der Waals surface area contributed by atoms with Crippen LogP contribution in [0.4, 0.5) is 5.69 Å². The second-order valence-electron chi connectivity index (χ2n) is 4.91. The van der Waals surface area contributed by atoms with Crippen molar-refractivity contribution in [1.82, 2.24) is 0 Å². The van der Waals surface area contributed by atoms with Gasteiger partial charge in [-0.1, -0.05) is 37.2 Å². The molecular weight excluding hydrogens is 266 g/mol. The lowest BCUT2D eigenvalue weighted by Gasteiger charge is -2.07. The van der Waals surface area contributed by atoms with E-state index in [1.807, 2.05) is 0 Å². The number of rotatable bonds is 1. The third kappa shape index (κ3) is 3.79. The zero-order valence-corrected chi connectivity index (χ0v) is 12.7. The van der Waals surface area contributed by atoms with Crippen LogP contribution in [0.1, 0.15) is 15.9 Å². The van der Waals surface area contributed by atoms with Crippen molar-refractivity contribution in [2.75, 3.05) is 12.8 Å². The van der Waals surface area contributed by atoms with E-state index in [-0.39, 0.29) is 0 Å². The average molecular weight is 282 g/mol. The quantitative estimate of drug-likeness (QED) is 0.373. The first-order valence-corrected chi connectivity index (χ1v) is 9.33. The van der Waals surface area contributed by atoms with E-state index in [4.69, 9.17) is 17.3 Å². The minimum absolute atomic E-state index is 0.317. The van der Waals surface area contributed by atoms with Crippen LogP contribution in [0.5, 0.6) is 0 Å². The molecular formula is C13H16ClNO2Si. The van der Waals surface area contributed by atoms with E-state index in [2.05, 4.69) is 35.8 Å². The van der Waals surface area contributed by atoms with Crippen LogP contribution in [-0.4, -0.2) is 21.2 Å². The fourth-order valence-electron chi connectivity index (χ4n) is 1.21. The number of nitrogens with two attached hydrogens (primary N) is 1. The first kappa shape index (κ1) is 14.6. The first-order valence-electron chi connectivity index (χ1n) is 5.45. The summed E-state index contributed by atoms with van der Waals surface area (Å²) in [5, 5.41) is 0.317. The second kappa shape index (κ2) is 5.47. The predicted molar refractivity (Wildman–Crippen MR) is 77.4 cm³/mol. The predicted octanol–water partition coefficient (Wildman–Crippen LogP) is 2.94. The average Bonchev–Trinajstić information content (AvgIpc) is 2.28. The van der Waals surface area contributed by atoms with Crippen molar-refractivity contribution in [3.05, 3.63) is 28.3 Å². The minimum atomic E-state index is -1.51. The number of benzene rings is 1. The van der Waals surface area contributed by atoms with E-state index in [9.17, 15) is 4.79 Å². The zero-order valence-electron chi connectivity index (χ0n) is 10.9. The molecule has 0 atom stereocenters. The topological polar surface area (TPSA) is 52.3 Å². The highest BCUT2D eigenvalue weighted by atomic mass is 35.5. The number of hydrogen-bond donors (Lipinski definition) is 1. The molecule has 0 bridgehead atoms. The Morgan fingerprint density at radius 2 is 2.00 bits per heavy atom. The smallest absolute Gasteiger partial charge is 0.337 e. The second-order valence-corrected chi connectivity index (χ2v) is 10.1. The molecule has 0 aliphatic heterocycles. The van der Waals surface area contributed by atoms with Gasteiger partial charge in [0.15, 0.2) is 0 Å². The summed E-state index contributed by atoms with van der Waals surface area (Å²) in [6.07, 6.45) is 0. The third-order valence-corrected chi connectivity index (χ3v) is 3.31. The van der Waals surface area contributed by atoms with Crippen molar-refractivity contribution in [1.29, 1.82) is 0 Å². The van der Waals surface area contributed by atoms with Gasteiger partial charge in [-0.3, -0.25) is 0 Å². The summed E-state index contributed by atoms with van der Waals surface area (Å²) in [5.41, 5.74) is 10.4. The van der Waals surface area contributed by atoms with Crippen molar-refractivity contribution in [2.45, 2.75) is 19.6 Å². The highest BCUT2D eigenvalue weighted by Gasteiger charge is 2.12. The molecule has 1 aromatic carbocycles. The van der Waals surface area contributed by atoms with Crippen LogP contribution in [-0.2, 0) is 4.74 Å². The van der Waals surface area contributed by atoms with Gasteiger partial charge in [-0.15, -0.1) is 5.54 Å². The molecule has 0 radical (unpaired) electrons. The van der Waals surface area contributed by atoms with Gasteiger partial charge in [-0.05, 0) is 12.1 Å². The van der Waals surface area contributed by atoms with Crippen molar-refractivity contribution in [3.8, 4) is 11.5 Å². The fraction of sp³-hybridized carbons (Fsp3) is 0.308. The van der Waals surface area contributed by atoms with Gasteiger partial charge in [0.25, 0.3) is 0 Å². The number of halogens is 1. The molecule has 1 aromatic rings. The van der Waals surface area contributed by atoms with Gasteiger partial charge in [-0.2, -0.15) is 0 Å². The van der Waals surface area contributed by atoms with Crippen molar-refractivity contribution >= 4 is 31.3 Å². The maximum absolute atomic E-state index is 11.5. The number of esters is 1. The largest absolute Gasteiger partial charge is 0.465 e. The first-order chi connectivity index (χ1) is 8.24. The molecule has 0 heterocycles. The molecule has 0 saturated heterocycles. The van der Waals surface area contributed by atoms with Crippen LogP contribution >= 0.6 is 11.6 Å². The minimum Gasteiger partial charge on any atom is -0.465 e. The lowest BCUT2D eigenvalue weighted by atomic mass is 10.1. The third-order valence-electron chi connectivity index (χ3n) is 2.12. The van der Waals surface area contributed by atoms with Crippen molar-refractivity contribution in [2.24, 2.45) is 0 Å². The van der Waals surface area contributed by atoms with Gasteiger partial charge in [0.1, 0.15) is 8.07 Å². The zero-order chi connectivity index (χ0) is 13.9. The Morgan fingerprint density at radius 1 is 1.39 bits per heavy atom. The Morgan fingerprint density at radius 3 is 2.50 bits per heavy atom. The standard InChI is InChI=1S/C13H16ClNO2Si/c1-17-13(16)10-7-9(5-6-18(2,3)4)12(15)11(14)8-10/h7-8H,15H2,1-4H3. The highest BCUT2D eigenvalue weighted by molar-refractivity contribution is 6.83. The number of methoxy groups -OCH3 is 1. The van der Waals surface area contributed by atoms with Gasteiger partial charge < -0.3 is 10.5 Å². The monoisotopic (exact) mass is 281 g/mol. The number of anilines is 1. The highest BCUT2D eigenvalue weighted by Crippen LogP contribution is 2.25. The maximum Gasteiger partial charge on any atom is 0.337 e. The molecule has 96 valence electrons. The molecule has 0 unspecified atom stereocenters. The molecule has 0 amide bonds. The number of hydrogen-bond acceptors (Lipinski definition) is 3. The number of carbonyl (C=O) groups is 1. The van der Waals surface area contributed by atoms with E-state index >= 15 is 0 Å². The SMILES string of the molecule is COC(=O)c1cc(Cl)c(N)c(C#C[Si](C)(C)C)c1. The van der Waals surface area contributed by atoms with Crippen molar-refractivity contribution < 1.29 is 9.53 Å². The van der Waals surface area contributed by atoms with E-state index < -0.39 is 14.0 Å². The maximum atomic E-state index is 11.5. The molecule has 0 fully saturated rings. The van der Waals surface area contributed by atoms with Crippen molar-refractivity contribution in [3.63, 3.8) is 0 Å². The Kier molecular flexibility index (Phi) is 4.44. The lowest BCUT2D eigenvalue weighted by Crippen LogP contribution is -2.16. The molecule has 0 spiro atoms. The van der Waals surface area contributed by atoms with E-state index in [1.54, 1.807) is 6.07 Å². The van der Waals surface area contributed by atoms with Crippen LogP contribution in [0.2, 0.25) is 24.7 Å². The molecule has 0 aliphatic rings. The van der Waals surface area contributed by atoms with Crippen LogP contribution < -0.4 is 5.73 Å². The van der Waals surface area contributed by atoms with Gasteiger partial charge >= 0.3 is 5.97 Å². The lowest BCUT2D eigenvalue weighted by molar-refractivity contribution is 0.0600. The van der Waals surface area contributed by atoms with Gasteiger partial charge in [0, 0.05) is 5.56 Å². The normalized spacial score (nSPS) is 10.5. The van der Waals surface area contributed by atoms with E-state index in [0.717, 1.165) is 0 Å². The molecule has 1 rings (SSSR count). The fourth-order valence-corrected chi connectivity index (χ4v) is 1.94.